The Morgan fingerprint density at radius 3 is 2.82 bits per heavy atom. The van der Waals surface area contributed by atoms with E-state index < -0.39 is 0 Å². The minimum absolute atomic E-state index is 0.659. The molecule has 0 aliphatic carbocycles. The second-order valence-electron chi connectivity index (χ2n) is 7.46. The molecule has 0 aromatic carbocycles. The van der Waals surface area contributed by atoms with Gasteiger partial charge in [0.2, 0.25) is 0 Å². The Morgan fingerprint density at radius 1 is 1.41 bits per heavy atom. The molecule has 0 aromatic heterocycles. The molecule has 22 heavy (non-hydrogen) atoms. The maximum absolute atomic E-state index is 5.94. The van der Waals surface area contributed by atoms with Gasteiger partial charge in [-0.15, -0.1) is 0 Å². The average molecular weight is 307 g/mol. The first-order valence-corrected chi connectivity index (χ1v) is 9.38. The van der Waals surface area contributed by atoms with Gasteiger partial charge in [-0.05, 0) is 74.6 Å². The molecular formula is C20H38N2. The maximum Gasteiger partial charge on any atom is 0.0167 e. The van der Waals surface area contributed by atoms with Crippen molar-refractivity contribution in [1.82, 2.24) is 5.32 Å². The Balaban J connectivity index is 2.65. The highest BCUT2D eigenvalue weighted by Gasteiger charge is 2.13. The largest absolute Gasteiger partial charge is 0.390 e. The van der Waals surface area contributed by atoms with Crippen molar-refractivity contribution in [1.29, 1.82) is 0 Å². The number of nitrogens with two attached hydrogens (primary N) is 1. The number of hydrogen-bond donors (Lipinski definition) is 2. The van der Waals surface area contributed by atoms with Crippen LogP contribution in [0.5, 0.6) is 0 Å². The second-order valence-corrected chi connectivity index (χ2v) is 7.46. The van der Waals surface area contributed by atoms with E-state index in [-0.39, 0.29) is 0 Å². The lowest BCUT2D eigenvalue weighted by Gasteiger charge is -2.19. The molecular weight excluding hydrogens is 268 g/mol. The van der Waals surface area contributed by atoms with Crippen LogP contribution in [0.2, 0.25) is 0 Å². The molecule has 2 nitrogen and oxygen atoms in total. The summed E-state index contributed by atoms with van der Waals surface area (Å²) in [5.74, 6) is 2.13. The summed E-state index contributed by atoms with van der Waals surface area (Å²) < 4.78 is 0. The molecule has 1 rings (SSSR count). The number of unbranched alkanes of at least 4 members (excludes halogenated alkanes) is 1. The Kier molecular flexibility index (Phi) is 9.54. The molecule has 2 atom stereocenters. The lowest BCUT2D eigenvalue weighted by molar-refractivity contribution is 0.367. The summed E-state index contributed by atoms with van der Waals surface area (Å²) in [4.78, 5) is 0. The van der Waals surface area contributed by atoms with Crippen LogP contribution in [0.1, 0.15) is 72.6 Å². The molecule has 0 bridgehead atoms. The molecule has 0 fully saturated rings. The smallest absolute Gasteiger partial charge is 0.0167 e. The SMILES string of the molecule is CCCC/C(=C\C1=CNCC(C)CC1)CCC(CN)C(C)C. The zero-order chi connectivity index (χ0) is 16.4. The first kappa shape index (κ1) is 19.3. The molecule has 2 heteroatoms. The van der Waals surface area contributed by atoms with E-state index in [1.54, 1.807) is 5.57 Å². The normalized spacial score (nSPS) is 21.3. The van der Waals surface area contributed by atoms with Crippen molar-refractivity contribution in [2.24, 2.45) is 23.5 Å². The zero-order valence-corrected chi connectivity index (χ0v) is 15.3. The van der Waals surface area contributed by atoms with Crippen molar-refractivity contribution in [3.63, 3.8) is 0 Å². The molecule has 2 unspecified atom stereocenters. The van der Waals surface area contributed by atoms with E-state index in [2.05, 4.69) is 45.3 Å². The third-order valence-electron chi connectivity index (χ3n) is 5.00. The van der Waals surface area contributed by atoms with Gasteiger partial charge in [0.25, 0.3) is 0 Å². The first-order valence-electron chi connectivity index (χ1n) is 9.38. The van der Waals surface area contributed by atoms with Gasteiger partial charge in [0.15, 0.2) is 0 Å². The summed E-state index contributed by atoms with van der Waals surface area (Å²) in [7, 11) is 0. The van der Waals surface area contributed by atoms with Crippen molar-refractivity contribution in [2.75, 3.05) is 13.1 Å². The van der Waals surface area contributed by atoms with Crippen molar-refractivity contribution in [3.05, 3.63) is 23.4 Å². The van der Waals surface area contributed by atoms with E-state index >= 15 is 0 Å². The highest BCUT2D eigenvalue weighted by Crippen LogP contribution is 2.25. The van der Waals surface area contributed by atoms with Gasteiger partial charge in [-0.2, -0.15) is 0 Å². The third kappa shape index (κ3) is 7.49. The van der Waals surface area contributed by atoms with Crippen LogP contribution in [-0.4, -0.2) is 13.1 Å². The van der Waals surface area contributed by atoms with Crippen LogP contribution in [0, 0.1) is 17.8 Å². The highest BCUT2D eigenvalue weighted by molar-refractivity contribution is 5.24. The van der Waals surface area contributed by atoms with E-state index in [0.29, 0.717) is 11.8 Å². The molecule has 1 aliphatic rings. The summed E-state index contributed by atoms with van der Waals surface area (Å²) >= 11 is 0. The van der Waals surface area contributed by atoms with Gasteiger partial charge >= 0.3 is 0 Å². The van der Waals surface area contributed by atoms with Gasteiger partial charge in [0.1, 0.15) is 0 Å². The third-order valence-corrected chi connectivity index (χ3v) is 5.00. The summed E-state index contributed by atoms with van der Waals surface area (Å²) in [5.41, 5.74) is 9.06. The van der Waals surface area contributed by atoms with E-state index in [4.69, 9.17) is 5.73 Å². The summed E-state index contributed by atoms with van der Waals surface area (Å²) in [6.07, 6.45) is 13.5. The van der Waals surface area contributed by atoms with E-state index in [0.717, 1.165) is 19.0 Å². The molecule has 0 saturated carbocycles. The van der Waals surface area contributed by atoms with Gasteiger partial charge in [-0.25, -0.2) is 0 Å². The lowest BCUT2D eigenvalue weighted by atomic mass is 9.88. The van der Waals surface area contributed by atoms with Crippen molar-refractivity contribution in [2.45, 2.75) is 72.6 Å². The second kappa shape index (κ2) is 10.9. The molecule has 0 saturated heterocycles. The summed E-state index contributed by atoms with van der Waals surface area (Å²) in [6, 6.07) is 0. The van der Waals surface area contributed by atoms with Crippen LogP contribution in [0.15, 0.2) is 23.4 Å². The molecule has 0 spiro atoms. The van der Waals surface area contributed by atoms with Crippen LogP contribution in [0.4, 0.5) is 0 Å². The quantitative estimate of drug-likeness (QED) is 0.628. The van der Waals surface area contributed by atoms with Crippen LogP contribution >= 0.6 is 0 Å². The monoisotopic (exact) mass is 306 g/mol. The standard InChI is InChI=1S/C20H38N2/c1-5-6-7-18(10-11-20(13-21)16(2)3)12-19-9-8-17(4)14-22-15-19/h12,15-17,20,22H,5-11,13-14,21H2,1-4H3/b18-12+. The predicted molar refractivity (Wildman–Crippen MR) is 98.7 cm³/mol. The topological polar surface area (TPSA) is 38.0 Å². The van der Waals surface area contributed by atoms with E-state index in [9.17, 15) is 0 Å². The molecule has 1 heterocycles. The van der Waals surface area contributed by atoms with Crippen molar-refractivity contribution >= 4 is 0 Å². The van der Waals surface area contributed by atoms with Gasteiger partial charge in [-0.1, -0.05) is 45.8 Å². The van der Waals surface area contributed by atoms with Gasteiger partial charge in [-0.3, -0.25) is 0 Å². The fraction of sp³-hybridized carbons (Fsp3) is 0.800. The molecule has 0 aromatic rings. The maximum atomic E-state index is 5.94. The number of nitrogens with one attached hydrogen (secondary N) is 1. The molecule has 1 aliphatic heterocycles. The predicted octanol–water partition coefficient (Wildman–Crippen LogP) is 5.02. The van der Waals surface area contributed by atoms with Crippen LogP contribution in [-0.2, 0) is 0 Å². The van der Waals surface area contributed by atoms with E-state index in [1.165, 1.54) is 50.5 Å². The lowest BCUT2D eigenvalue weighted by Crippen LogP contribution is -2.19. The van der Waals surface area contributed by atoms with Crippen LogP contribution in [0.3, 0.4) is 0 Å². The number of rotatable bonds is 9. The summed E-state index contributed by atoms with van der Waals surface area (Å²) in [6.45, 7) is 11.1. The zero-order valence-electron chi connectivity index (χ0n) is 15.3. The Bertz CT molecular complexity index is 355. The molecule has 3 N–H and O–H groups in total. The van der Waals surface area contributed by atoms with E-state index in [1.807, 2.05) is 0 Å². The average Bonchev–Trinajstić information content (AvgIpc) is 2.69. The molecule has 128 valence electrons. The Labute approximate surface area is 138 Å². The Morgan fingerprint density at radius 2 is 2.18 bits per heavy atom. The molecule has 0 amide bonds. The van der Waals surface area contributed by atoms with Crippen LogP contribution in [0.25, 0.3) is 0 Å². The van der Waals surface area contributed by atoms with Gasteiger partial charge < -0.3 is 11.1 Å². The fourth-order valence-corrected chi connectivity index (χ4v) is 3.12. The molecule has 0 radical (unpaired) electrons. The minimum Gasteiger partial charge on any atom is -0.390 e. The van der Waals surface area contributed by atoms with Gasteiger partial charge in [0.05, 0.1) is 0 Å². The van der Waals surface area contributed by atoms with Crippen molar-refractivity contribution < 1.29 is 0 Å². The van der Waals surface area contributed by atoms with Crippen molar-refractivity contribution in [3.8, 4) is 0 Å². The highest BCUT2D eigenvalue weighted by atomic mass is 14.8. The van der Waals surface area contributed by atoms with Gasteiger partial charge in [0, 0.05) is 6.54 Å². The Hall–Kier alpha value is -0.760. The van der Waals surface area contributed by atoms with Crippen LogP contribution < -0.4 is 11.1 Å². The number of allylic oxidation sites excluding steroid dienone is 3. The number of hydrogen-bond acceptors (Lipinski definition) is 2. The first-order chi connectivity index (χ1) is 10.6. The minimum atomic E-state index is 0.659. The fourth-order valence-electron chi connectivity index (χ4n) is 3.12. The summed E-state index contributed by atoms with van der Waals surface area (Å²) in [5, 5.41) is 3.48.